The quantitative estimate of drug-likeness (QED) is 0.213. The Balaban J connectivity index is 1.29. The summed E-state index contributed by atoms with van der Waals surface area (Å²) in [7, 11) is -3.04. The minimum atomic E-state index is -3.04. The van der Waals surface area contributed by atoms with Gasteiger partial charge in [0.15, 0.2) is 0 Å². The third kappa shape index (κ3) is 5.56. The van der Waals surface area contributed by atoms with Crippen molar-refractivity contribution in [2.24, 2.45) is 0 Å². The van der Waals surface area contributed by atoms with Crippen LogP contribution in [0, 0.1) is 5.82 Å². The molecule has 0 unspecified atom stereocenters. The van der Waals surface area contributed by atoms with E-state index in [1.54, 1.807) is 6.07 Å². The predicted octanol–water partition coefficient (Wildman–Crippen LogP) is 6.13. The third-order valence-electron chi connectivity index (χ3n) is 7.35. The van der Waals surface area contributed by atoms with Crippen molar-refractivity contribution >= 4 is 44.6 Å². The van der Waals surface area contributed by atoms with E-state index in [4.69, 9.17) is 21.3 Å². The number of nitrogens with zero attached hydrogens (tertiary/aromatic N) is 2. The molecule has 0 saturated carbocycles. The van der Waals surface area contributed by atoms with Crippen LogP contribution in [-0.4, -0.2) is 51.7 Å². The average molecular weight is 569 g/mol. The molecule has 0 bridgehead atoms. The van der Waals surface area contributed by atoms with E-state index >= 15 is 0 Å². The standard InChI is InChI=1S/C29H30ClFN4O3S/c30-22-6-8-25-24(13-22)26(32-17-29(18-38-19-29)33-15-20-4-2-1-3-5-20)14-28(34-25)35-10-11-39(36,37)27-9-7-23(31)12-21(27)16-35/h1-9,12-14,33,36-37H,10-11,15-19H2,(H,32,34). The van der Waals surface area contributed by atoms with E-state index in [9.17, 15) is 13.5 Å². The molecule has 2 aliphatic rings. The van der Waals surface area contributed by atoms with Gasteiger partial charge in [0.2, 0.25) is 0 Å². The fraction of sp³-hybridized carbons (Fsp3) is 0.276. The molecule has 0 spiro atoms. The number of rotatable bonds is 7. The summed E-state index contributed by atoms with van der Waals surface area (Å²) < 4.78 is 41.3. The van der Waals surface area contributed by atoms with Crippen molar-refractivity contribution in [3.05, 3.63) is 94.8 Å². The van der Waals surface area contributed by atoms with Gasteiger partial charge < -0.3 is 20.3 Å². The Morgan fingerprint density at radius 1 is 1.05 bits per heavy atom. The molecule has 204 valence electrons. The van der Waals surface area contributed by atoms with Crippen LogP contribution in [-0.2, 0) is 17.8 Å². The molecule has 39 heavy (non-hydrogen) atoms. The summed E-state index contributed by atoms with van der Waals surface area (Å²) >= 11 is 6.36. The number of anilines is 2. The van der Waals surface area contributed by atoms with Gasteiger partial charge in [-0.05, 0) is 47.5 Å². The summed E-state index contributed by atoms with van der Waals surface area (Å²) in [6.07, 6.45) is 0. The molecule has 1 saturated heterocycles. The van der Waals surface area contributed by atoms with Crippen LogP contribution in [0.15, 0.2) is 77.7 Å². The molecule has 0 amide bonds. The van der Waals surface area contributed by atoms with E-state index in [1.165, 1.54) is 23.8 Å². The SMILES string of the molecule is OS1(O)CCN(c2cc(NCC3(NCc4ccccc4)COC3)c3cc(Cl)ccc3n2)Cc2cc(F)ccc21. The van der Waals surface area contributed by atoms with Crippen molar-refractivity contribution in [3.63, 3.8) is 0 Å². The number of halogens is 2. The van der Waals surface area contributed by atoms with Gasteiger partial charge in [0.25, 0.3) is 0 Å². The number of fused-ring (bicyclic) bond motifs is 2. The number of ether oxygens (including phenoxy) is 1. The number of aromatic nitrogens is 1. The fourth-order valence-electron chi connectivity index (χ4n) is 5.08. The second-order valence-corrected chi connectivity index (χ2v) is 12.8. The Hall–Kier alpha value is -2.92. The van der Waals surface area contributed by atoms with Crippen molar-refractivity contribution in [1.29, 1.82) is 0 Å². The minimum Gasteiger partial charge on any atom is -0.382 e. The summed E-state index contributed by atoms with van der Waals surface area (Å²) in [5, 5.41) is 8.77. The summed E-state index contributed by atoms with van der Waals surface area (Å²) in [4.78, 5) is 7.24. The van der Waals surface area contributed by atoms with Gasteiger partial charge in [-0.1, -0.05) is 41.9 Å². The Morgan fingerprint density at radius 3 is 2.64 bits per heavy atom. The summed E-state index contributed by atoms with van der Waals surface area (Å²) in [5.41, 5.74) is 3.15. The largest absolute Gasteiger partial charge is 0.382 e. The van der Waals surface area contributed by atoms with E-state index in [0.29, 0.717) is 54.1 Å². The highest BCUT2D eigenvalue weighted by molar-refractivity contribution is 8.24. The van der Waals surface area contributed by atoms with Gasteiger partial charge in [-0.15, -0.1) is 0 Å². The highest BCUT2D eigenvalue weighted by Crippen LogP contribution is 2.51. The van der Waals surface area contributed by atoms with Gasteiger partial charge in [-0.25, -0.2) is 9.37 Å². The lowest BCUT2D eigenvalue weighted by Crippen LogP contribution is -2.64. The van der Waals surface area contributed by atoms with Crippen molar-refractivity contribution in [2.45, 2.75) is 23.5 Å². The van der Waals surface area contributed by atoms with E-state index < -0.39 is 16.4 Å². The average Bonchev–Trinajstić information content (AvgIpc) is 3.03. The smallest absolute Gasteiger partial charge is 0.131 e. The first-order valence-corrected chi connectivity index (χ1v) is 14.9. The molecular weight excluding hydrogens is 539 g/mol. The van der Waals surface area contributed by atoms with Crippen LogP contribution in [0.5, 0.6) is 0 Å². The number of hydrogen-bond acceptors (Lipinski definition) is 7. The van der Waals surface area contributed by atoms with E-state index in [2.05, 4.69) is 22.8 Å². The first kappa shape index (κ1) is 26.3. The van der Waals surface area contributed by atoms with Crippen LogP contribution in [0.3, 0.4) is 0 Å². The lowest BCUT2D eigenvalue weighted by atomic mass is 9.96. The second-order valence-electron chi connectivity index (χ2n) is 10.2. The molecule has 1 fully saturated rings. The maximum Gasteiger partial charge on any atom is 0.131 e. The maximum atomic E-state index is 14.1. The van der Waals surface area contributed by atoms with Crippen molar-refractivity contribution in [3.8, 4) is 0 Å². The molecule has 0 radical (unpaired) electrons. The third-order valence-corrected chi connectivity index (χ3v) is 9.44. The minimum absolute atomic E-state index is 0.137. The van der Waals surface area contributed by atoms with Gasteiger partial charge >= 0.3 is 0 Å². The first-order chi connectivity index (χ1) is 18.8. The monoisotopic (exact) mass is 568 g/mol. The molecular formula is C29H30ClFN4O3S. The molecule has 3 heterocycles. The molecule has 2 aliphatic heterocycles. The highest BCUT2D eigenvalue weighted by Gasteiger charge is 2.38. The molecule has 4 aromatic rings. The van der Waals surface area contributed by atoms with Crippen molar-refractivity contribution < 1.29 is 18.2 Å². The summed E-state index contributed by atoms with van der Waals surface area (Å²) in [6, 6.07) is 21.9. The van der Waals surface area contributed by atoms with Crippen LogP contribution < -0.4 is 15.5 Å². The molecule has 0 atom stereocenters. The normalized spacial score (nSPS) is 18.6. The van der Waals surface area contributed by atoms with Crippen LogP contribution in [0.25, 0.3) is 10.9 Å². The van der Waals surface area contributed by atoms with E-state index in [-0.39, 0.29) is 11.3 Å². The van der Waals surface area contributed by atoms with Gasteiger partial charge in [0.05, 0.1) is 34.9 Å². The molecule has 1 aromatic heterocycles. The number of benzene rings is 3. The summed E-state index contributed by atoms with van der Waals surface area (Å²) in [5.74, 6) is 0.388. The number of nitrogens with one attached hydrogen (secondary N) is 2. The second kappa shape index (κ2) is 10.6. The van der Waals surface area contributed by atoms with Crippen LogP contribution >= 0.6 is 22.2 Å². The first-order valence-electron chi connectivity index (χ1n) is 12.8. The zero-order valence-electron chi connectivity index (χ0n) is 21.2. The van der Waals surface area contributed by atoms with Crippen LogP contribution in [0.4, 0.5) is 15.9 Å². The number of pyridine rings is 1. The van der Waals surface area contributed by atoms with Crippen molar-refractivity contribution in [2.75, 3.05) is 42.3 Å². The predicted molar refractivity (Wildman–Crippen MR) is 156 cm³/mol. The lowest BCUT2D eigenvalue weighted by Gasteiger charge is -2.42. The van der Waals surface area contributed by atoms with Crippen LogP contribution in [0.1, 0.15) is 11.1 Å². The topological polar surface area (TPSA) is 89.9 Å². The number of hydrogen-bond donors (Lipinski definition) is 4. The molecule has 4 N–H and O–H groups in total. The van der Waals surface area contributed by atoms with Crippen LogP contribution in [0.2, 0.25) is 5.02 Å². The van der Waals surface area contributed by atoms with E-state index in [1.807, 2.05) is 41.3 Å². The Bertz CT molecular complexity index is 1500. The van der Waals surface area contributed by atoms with Gasteiger partial charge in [0.1, 0.15) is 11.6 Å². The zero-order chi connectivity index (χ0) is 27.0. The molecule has 10 heteroatoms. The molecule has 7 nitrogen and oxygen atoms in total. The highest BCUT2D eigenvalue weighted by atomic mass is 35.5. The lowest BCUT2D eigenvalue weighted by molar-refractivity contribution is -0.0678. The van der Waals surface area contributed by atoms with Crippen molar-refractivity contribution in [1.82, 2.24) is 10.3 Å². The molecule has 3 aromatic carbocycles. The Kier molecular flexibility index (Phi) is 7.13. The fourth-order valence-corrected chi connectivity index (χ4v) is 6.77. The van der Waals surface area contributed by atoms with Gasteiger partial charge in [-0.2, -0.15) is 10.6 Å². The van der Waals surface area contributed by atoms with E-state index in [0.717, 1.165) is 23.1 Å². The van der Waals surface area contributed by atoms with Gasteiger partial charge in [0, 0.05) is 48.3 Å². The van der Waals surface area contributed by atoms with Gasteiger partial charge in [-0.3, -0.25) is 9.11 Å². The maximum absolute atomic E-state index is 14.1. The molecule has 0 aliphatic carbocycles. The Labute approximate surface area is 233 Å². The Morgan fingerprint density at radius 2 is 1.87 bits per heavy atom. The summed E-state index contributed by atoms with van der Waals surface area (Å²) in [6.45, 7) is 3.22. The zero-order valence-corrected chi connectivity index (χ0v) is 22.8. The molecule has 6 rings (SSSR count).